The highest BCUT2D eigenvalue weighted by Gasteiger charge is 2.08. The first kappa shape index (κ1) is 11.1. The van der Waals surface area contributed by atoms with E-state index in [-0.39, 0.29) is 12.2 Å². The Balaban J connectivity index is 2.33. The van der Waals surface area contributed by atoms with Crippen molar-refractivity contribution in [2.75, 3.05) is 11.9 Å². The summed E-state index contributed by atoms with van der Waals surface area (Å²) < 4.78 is 14.7. The number of amides is 1. The Morgan fingerprint density at radius 1 is 1.53 bits per heavy atom. The third-order valence-electron chi connectivity index (χ3n) is 2.02. The van der Waals surface area contributed by atoms with Crippen LogP contribution in [0.5, 0.6) is 0 Å². The van der Waals surface area contributed by atoms with Gasteiger partial charge in [-0.15, -0.1) is 5.10 Å². The molecule has 0 aliphatic heterocycles. The third-order valence-corrected chi connectivity index (χ3v) is 2.02. The Labute approximate surface area is 95.4 Å². The van der Waals surface area contributed by atoms with Crippen molar-refractivity contribution in [3.63, 3.8) is 0 Å². The zero-order valence-electron chi connectivity index (χ0n) is 8.67. The summed E-state index contributed by atoms with van der Waals surface area (Å²) >= 11 is 0. The highest BCUT2D eigenvalue weighted by molar-refractivity contribution is 5.92. The Morgan fingerprint density at radius 3 is 3.00 bits per heavy atom. The van der Waals surface area contributed by atoms with Gasteiger partial charge in [-0.1, -0.05) is 0 Å². The van der Waals surface area contributed by atoms with Crippen LogP contribution in [0.15, 0.2) is 24.5 Å². The van der Waals surface area contributed by atoms with Gasteiger partial charge in [-0.05, 0) is 28.6 Å². The molecule has 1 aromatic carbocycles. The number of halogens is 1. The molecular formula is C9H9FN6O. The lowest BCUT2D eigenvalue weighted by Gasteiger charge is -2.07. The van der Waals surface area contributed by atoms with Gasteiger partial charge in [0.05, 0.1) is 17.9 Å². The van der Waals surface area contributed by atoms with Crippen molar-refractivity contribution in [2.45, 2.75) is 0 Å². The molecule has 0 saturated carbocycles. The number of carbonyl (C=O) groups is 1. The van der Waals surface area contributed by atoms with Crippen LogP contribution >= 0.6 is 0 Å². The average Bonchev–Trinajstić information content (AvgIpc) is 2.85. The van der Waals surface area contributed by atoms with E-state index < -0.39 is 11.7 Å². The van der Waals surface area contributed by atoms with Gasteiger partial charge in [0.2, 0.25) is 5.91 Å². The fourth-order valence-electron chi connectivity index (χ4n) is 1.23. The largest absolute Gasteiger partial charge is 0.322 e. The molecule has 0 fully saturated rings. The molecule has 2 aromatic rings. The van der Waals surface area contributed by atoms with Crippen molar-refractivity contribution in [1.29, 1.82) is 0 Å². The lowest BCUT2D eigenvalue weighted by atomic mass is 10.2. The fourth-order valence-corrected chi connectivity index (χ4v) is 1.23. The quantitative estimate of drug-likeness (QED) is 0.762. The lowest BCUT2D eigenvalue weighted by Crippen LogP contribution is -2.22. The number of anilines is 1. The van der Waals surface area contributed by atoms with Crippen molar-refractivity contribution < 1.29 is 9.18 Å². The van der Waals surface area contributed by atoms with Gasteiger partial charge in [-0.2, -0.15) is 0 Å². The fraction of sp³-hybridized carbons (Fsp3) is 0.111. The molecule has 2 rings (SSSR count). The summed E-state index contributed by atoms with van der Waals surface area (Å²) in [5.74, 6) is -1.03. The summed E-state index contributed by atoms with van der Waals surface area (Å²) in [6.45, 7) is -0.214. The Bertz CT molecular complexity index is 526. The van der Waals surface area contributed by atoms with E-state index in [0.29, 0.717) is 5.69 Å². The molecule has 8 heteroatoms. The van der Waals surface area contributed by atoms with Crippen LogP contribution in [0.1, 0.15) is 0 Å². The second-order valence-corrected chi connectivity index (χ2v) is 3.17. The predicted octanol–water partition coefficient (Wildman–Crippen LogP) is -0.301. The maximum atomic E-state index is 13.4. The molecule has 3 N–H and O–H groups in total. The summed E-state index contributed by atoms with van der Waals surface area (Å²) in [5.41, 5.74) is 5.70. The molecule has 0 aliphatic rings. The molecule has 7 nitrogen and oxygen atoms in total. The van der Waals surface area contributed by atoms with Gasteiger partial charge in [-0.3, -0.25) is 4.79 Å². The van der Waals surface area contributed by atoms with Crippen LogP contribution in [0.25, 0.3) is 5.69 Å². The maximum absolute atomic E-state index is 13.4. The summed E-state index contributed by atoms with van der Waals surface area (Å²) in [4.78, 5) is 11.1. The van der Waals surface area contributed by atoms with E-state index in [9.17, 15) is 9.18 Å². The van der Waals surface area contributed by atoms with Crippen LogP contribution in [0, 0.1) is 5.82 Å². The van der Waals surface area contributed by atoms with Gasteiger partial charge in [-0.25, -0.2) is 9.07 Å². The number of hydrogen-bond acceptors (Lipinski definition) is 5. The maximum Gasteiger partial charge on any atom is 0.238 e. The van der Waals surface area contributed by atoms with Crippen molar-refractivity contribution in [3.8, 4) is 5.69 Å². The predicted molar refractivity (Wildman–Crippen MR) is 56.8 cm³/mol. The molecule has 1 aromatic heterocycles. The molecular weight excluding hydrogens is 227 g/mol. The van der Waals surface area contributed by atoms with E-state index in [2.05, 4.69) is 20.8 Å². The summed E-state index contributed by atoms with van der Waals surface area (Å²) in [7, 11) is 0. The average molecular weight is 236 g/mol. The first-order valence-corrected chi connectivity index (χ1v) is 4.73. The van der Waals surface area contributed by atoms with E-state index in [1.165, 1.54) is 29.2 Å². The highest BCUT2D eigenvalue weighted by atomic mass is 19.1. The van der Waals surface area contributed by atoms with Crippen molar-refractivity contribution in [2.24, 2.45) is 5.73 Å². The minimum Gasteiger partial charge on any atom is -0.322 e. The first-order valence-electron chi connectivity index (χ1n) is 4.73. The molecule has 0 bridgehead atoms. The van der Waals surface area contributed by atoms with Gasteiger partial charge in [0.15, 0.2) is 0 Å². The Hall–Kier alpha value is -2.35. The van der Waals surface area contributed by atoms with Gasteiger partial charge in [0, 0.05) is 0 Å². The van der Waals surface area contributed by atoms with Gasteiger partial charge >= 0.3 is 0 Å². The third kappa shape index (κ3) is 2.42. The Morgan fingerprint density at radius 2 is 2.35 bits per heavy atom. The molecule has 0 aliphatic carbocycles. The minimum atomic E-state index is -0.552. The number of nitrogens with zero attached hydrogens (tertiary/aromatic N) is 4. The molecule has 1 amide bonds. The van der Waals surface area contributed by atoms with Crippen LogP contribution in [-0.4, -0.2) is 32.7 Å². The number of rotatable bonds is 3. The summed E-state index contributed by atoms with van der Waals surface area (Å²) in [6, 6.07) is 4.12. The van der Waals surface area contributed by atoms with E-state index >= 15 is 0 Å². The molecule has 0 spiro atoms. The van der Waals surface area contributed by atoms with Crippen molar-refractivity contribution >= 4 is 11.6 Å². The summed E-state index contributed by atoms with van der Waals surface area (Å²) in [6.07, 6.45) is 1.36. The van der Waals surface area contributed by atoms with Gasteiger partial charge < -0.3 is 11.1 Å². The van der Waals surface area contributed by atoms with Crippen LogP contribution in [-0.2, 0) is 4.79 Å². The van der Waals surface area contributed by atoms with Gasteiger partial charge in [0.1, 0.15) is 12.1 Å². The number of aromatic nitrogens is 4. The van der Waals surface area contributed by atoms with Crippen LogP contribution in [0.4, 0.5) is 10.1 Å². The topological polar surface area (TPSA) is 98.7 Å². The van der Waals surface area contributed by atoms with E-state index in [4.69, 9.17) is 5.73 Å². The number of benzene rings is 1. The van der Waals surface area contributed by atoms with Crippen molar-refractivity contribution in [3.05, 3.63) is 30.3 Å². The minimum absolute atomic E-state index is 0.0356. The van der Waals surface area contributed by atoms with Crippen LogP contribution in [0.3, 0.4) is 0 Å². The highest BCUT2D eigenvalue weighted by Crippen LogP contribution is 2.17. The molecule has 17 heavy (non-hydrogen) atoms. The van der Waals surface area contributed by atoms with Crippen LogP contribution in [0.2, 0.25) is 0 Å². The smallest absolute Gasteiger partial charge is 0.238 e. The molecule has 88 valence electrons. The first-order chi connectivity index (χ1) is 8.20. The number of hydrogen-bond donors (Lipinski definition) is 2. The van der Waals surface area contributed by atoms with E-state index in [1.807, 2.05) is 0 Å². The van der Waals surface area contributed by atoms with Crippen molar-refractivity contribution in [1.82, 2.24) is 20.2 Å². The zero-order valence-corrected chi connectivity index (χ0v) is 8.67. The molecule has 0 unspecified atom stereocenters. The molecule has 0 saturated heterocycles. The number of nitrogens with one attached hydrogen (secondary N) is 1. The molecule has 0 atom stereocenters. The standard InChI is InChI=1S/C9H9FN6O/c10-7-2-1-6(16-5-12-14-15-16)3-8(7)13-9(17)4-11/h1-3,5H,4,11H2,(H,13,17). The Kier molecular flexibility index (Phi) is 3.06. The monoisotopic (exact) mass is 236 g/mol. The van der Waals surface area contributed by atoms with Crippen LogP contribution < -0.4 is 11.1 Å². The number of carbonyl (C=O) groups excluding carboxylic acids is 1. The normalized spacial score (nSPS) is 10.2. The second-order valence-electron chi connectivity index (χ2n) is 3.17. The zero-order chi connectivity index (χ0) is 12.3. The number of tetrazole rings is 1. The molecule has 1 heterocycles. The second kappa shape index (κ2) is 4.66. The van der Waals surface area contributed by atoms with E-state index in [1.54, 1.807) is 0 Å². The molecule has 0 radical (unpaired) electrons. The lowest BCUT2D eigenvalue weighted by molar-refractivity contribution is -0.114. The van der Waals surface area contributed by atoms with E-state index in [0.717, 1.165) is 0 Å². The number of nitrogens with two attached hydrogens (primary N) is 1. The SMILES string of the molecule is NCC(=O)Nc1cc(-n2cnnn2)ccc1F. The van der Waals surface area contributed by atoms with Gasteiger partial charge in [0.25, 0.3) is 0 Å². The summed E-state index contributed by atoms with van der Waals surface area (Å²) in [5, 5.41) is 12.9.